The van der Waals surface area contributed by atoms with Gasteiger partial charge in [-0.05, 0) is 41.7 Å². The minimum atomic E-state index is -4.42. The first-order chi connectivity index (χ1) is 12.7. The maximum absolute atomic E-state index is 12.8. The number of amides is 1. The van der Waals surface area contributed by atoms with Crippen LogP contribution in [0.2, 0.25) is 0 Å². The number of carboxylic acids is 1. The number of hydrogen-bond acceptors (Lipinski definition) is 3. The first kappa shape index (κ1) is 18.9. The lowest BCUT2D eigenvalue weighted by atomic mass is 9.94. The van der Waals surface area contributed by atoms with Crippen LogP contribution in [0, 0.1) is 5.92 Å². The fourth-order valence-electron chi connectivity index (χ4n) is 3.32. The van der Waals surface area contributed by atoms with Crippen molar-refractivity contribution in [3.05, 3.63) is 70.8 Å². The Labute approximate surface area is 154 Å². The Balaban J connectivity index is 1.86. The highest BCUT2D eigenvalue weighted by molar-refractivity contribution is 5.83. The summed E-state index contributed by atoms with van der Waals surface area (Å²) in [6.07, 6.45) is -4.52. The van der Waals surface area contributed by atoms with E-state index in [0.717, 1.165) is 23.3 Å². The zero-order valence-corrected chi connectivity index (χ0v) is 14.3. The molecular formula is C20H17F3NO3-. The number of carboxylic acid groups (broad SMARTS) is 1. The van der Waals surface area contributed by atoms with E-state index in [2.05, 4.69) is 0 Å². The van der Waals surface area contributed by atoms with Crippen LogP contribution in [-0.2, 0) is 35.3 Å². The van der Waals surface area contributed by atoms with Crippen molar-refractivity contribution >= 4 is 11.9 Å². The number of aliphatic carboxylic acids is 1. The van der Waals surface area contributed by atoms with E-state index in [1.165, 1.54) is 17.0 Å². The first-order valence-electron chi connectivity index (χ1n) is 8.45. The quantitative estimate of drug-likeness (QED) is 0.824. The number of carbonyl (C=O) groups excluding carboxylic acids is 2. The summed E-state index contributed by atoms with van der Waals surface area (Å²) in [4.78, 5) is 25.4. The maximum Gasteiger partial charge on any atom is 0.416 e. The van der Waals surface area contributed by atoms with Gasteiger partial charge in [-0.1, -0.05) is 36.4 Å². The summed E-state index contributed by atoms with van der Waals surface area (Å²) in [5.74, 6) is -2.40. The molecule has 1 heterocycles. The molecule has 3 rings (SSSR count). The predicted octanol–water partition coefficient (Wildman–Crippen LogP) is 2.55. The lowest BCUT2D eigenvalue weighted by Crippen LogP contribution is -2.37. The molecule has 1 aliphatic rings. The molecule has 1 amide bonds. The molecule has 4 nitrogen and oxygen atoms in total. The molecule has 27 heavy (non-hydrogen) atoms. The van der Waals surface area contributed by atoms with Crippen LogP contribution >= 0.6 is 0 Å². The van der Waals surface area contributed by atoms with Crippen molar-refractivity contribution in [3.8, 4) is 0 Å². The van der Waals surface area contributed by atoms with Gasteiger partial charge in [-0.25, -0.2) is 0 Å². The van der Waals surface area contributed by atoms with Gasteiger partial charge < -0.3 is 14.8 Å². The molecule has 142 valence electrons. The molecule has 0 fully saturated rings. The topological polar surface area (TPSA) is 60.4 Å². The average molecular weight is 376 g/mol. The predicted molar refractivity (Wildman–Crippen MR) is 89.0 cm³/mol. The Morgan fingerprint density at radius 1 is 1.07 bits per heavy atom. The van der Waals surface area contributed by atoms with Crippen LogP contribution in [0.25, 0.3) is 0 Å². The number of carbonyl (C=O) groups is 2. The van der Waals surface area contributed by atoms with Crippen molar-refractivity contribution in [2.24, 2.45) is 5.92 Å². The minimum absolute atomic E-state index is 0.106. The van der Waals surface area contributed by atoms with Gasteiger partial charge in [0.15, 0.2) is 0 Å². The van der Waals surface area contributed by atoms with Crippen LogP contribution in [0.4, 0.5) is 13.2 Å². The monoisotopic (exact) mass is 376 g/mol. The summed E-state index contributed by atoms with van der Waals surface area (Å²) in [7, 11) is 0. The van der Waals surface area contributed by atoms with Crippen molar-refractivity contribution < 1.29 is 27.9 Å². The third-order valence-corrected chi connectivity index (χ3v) is 4.67. The summed E-state index contributed by atoms with van der Waals surface area (Å²) in [6, 6.07) is 12.0. The second-order valence-corrected chi connectivity index (χ2v) is 6.63. The third kappa shape index (κ3) is 4.48. The zero-order chi connectivity index (χ0) is 19.6. The average Bonchev–Trinajstić information content (AvgIpc) is 2.72. The normalized spacial score (nSPS) is 17.4. The molecular weight excluding hydrogens is 359 g/mol. The van der Waals surface area contributed by atoms with Crippen molar-refractivity contribution in [2.75, 3.05) is 0 Å². The van der Waals surface area contributed by atoms with E-state index in [4.69, 9.17) is 0 Å². The van der Waals surface area contributed by atoms with Gasteiger partial charge in [0.2, 0.25) is 5.91 Å². The van der Waals surface area contributed by atoms with Gasteiger partial charge in [0.05, 0.1) is 5.56 Å². The molecule has 2 aromatic rings. The van der Waals surface area contributed by atoms with E-state index in [-0.39, 0.29) is 19.0 Å². The number of nitrogens with zero attached hydrogens (tertiary/aromatic N) is 1. The molecule has 0 aliphatic carbocycles. The van der Waals surface area contributed by atoms with Gasteiger partial charge >= 0.3 is 6.18 Å². The Bertz CT molecular complexity index is 846. The Hall–Kier alpha value is -2.83. The fourth-order valence-corrected chi connectivity index (χ4v) is 3.32. The number of alkyl halides is 3. The molecule has 0 saturated heterocycles. The van der Waals surface area contributed by atoms with Gasteiger partial charge in [0, 0.05) is 25.0 Å². The highest BCUT2D eigenvalue weighted by Gasteiger charge is 2.31. The van der Waals surface area contributed by atoms with Crippen LogP contribution in [0.3, 0.4) is 0 Å². The molecule has 1 unspecified atom stereocenters. The SMILES string of the molecule is O=C([O-])CC1Cc2ccccc2CN(Cc2ccc(C(F)(F)F)cc2)C1=O. The van der Waals surface area contributed by atoms with E-state index in [0.29, 0.717) is 12.0 Å². The summed E-state index contributed by atoms with van der Waals surface area (Å²) >= 11 is 0. The number of rotatable bonds is 4. The summed E-state index contributed by atoms with van der Waals surface area (Å²) < 4.78 is 38.1. The second kappa shape index (κ2) is 7.42. The number of fused-ring (bicyclic) bond motifs is 1. The van der Waals surface area contributed by atoms with E-state index in [1.807, 2.05) is 24.3 Å². The molecule has 2 aromatic carbocycles. The molecule has 7 heteroatoms. The third-order valence-electron chi connectivity index (χ3n) is 4.67. The fraction of sp³-hybridized carbons (Fsp3) is 0.300. The molecule has 0 N–H and O–H groups in total. The summed E-state index contributed by atoms with van der Waals surface area (Å²) in [5, 5.41) is 11.0. The molecule has 0 aromatic heterocycles. The van der Waals surface area contributed by atoms with E-state index < -0.39 is 30.0 Å². The first-order valence-corrected chi connectivity index (χ1v) is 8.45. The number of hydrogen-bond donors (Lipinski definition) is 0. The standard InChI is InChI=1S/C20H18F3NO3/c21-20(22,23)17-7-5-13(6-8-17)11-24-12-15-4-2-1-3-14(15)9-16(19(24)27)10-18(25)26/h1-8,16H,9-12H2,(H,25,26)/p-1. The second-order valence-electron chi connectivity index (χ2n) is 6.63. The van der Waals surface area contributed by atoms with Gasteiger partial charge in [0.1, 0.15) is 0 Å². The number of halogens is 3. The molecule has 1 atom stereocenters. The lowest BCUT2D eigenvalue weighted by Gasteiger charge is -2.25. The minimum Gasteiger partial charge on any atom is -0.550 e. The molecule has 0 radical (unpaired) electrons. The summed E-state index contributed by atoms with van der Waals surface area (Å²) in [6.45, 7) is 0.383. The van der Waals surface area contributed by atoms with Gasteiger partial charge in [-0.3, -0.25) is 4.79 Å². The molecule has 1 aliphatic heterocycles. The van der Waals surface area contributed by atoms with Crippen molar-refractivity contribution in [3.63, 3.8) is 0 Å². The van der Waals surface area contributed by atoms with Crippen molar-refractivity contribution in [2.45, 2.75) is 32.1 Å². The molecule has 0 saturated carbocycles. The van der Waals surface area contributed by atoms with Crippen molar-refractivity contribution in [1.82, 2.24) is 4.90 Å². The highest BCUT2D eigenvalue weighted by atomic mass is 19.4. The Morgan fingerprint density at radius 3 is 2.30 bits per heavy atom. The van der Waals surface area contributed by atoms with Crippen molar-refractivity contribution in [1.29, 1.82) is 0 Å². The van der Waals surface area contributed by atoms with Crippen LogP contribution in [0.5, 0.6) is 0 Å². The van der Waals surface area contributed by atoms with Crippen LogP contribution in [0.1, 0.15) is 28.7 Å². The van der Waals surface area contributed by atoms with Gasteiger partial charge in [-0.2, -0.15) is 13.2 Å². The van der Waals surface area contributed by atoms with E-state index in [9.17, 15) is 27.9 Å². The van der Waals surface area contributed by atoms with Gasteiger partial charge in [-0.15, -0.1) is 0 Å². The lowest BCUT2D eigenvalue weighted by molar-refractivity contribution is -0.306. The van der Waals surface area contributed by atoms with E-state index >= 15 is 0 Å². The summed E-state index contributed by atoms with van der Waals surface area (Å²) in [5.41, 5.74) is 1.59. The zero-order valence-electron chi connectivity index (χ0n) is 14.3. The Morgan fingerprint density at radius 2 is 1.70 bits per heavy atom. The smallest absolute Gasteiger partial charge is 0.416 e. The number of benzene rings is 2. The van der Waals surface area contributed by atoms with Gasteiger partial charge in [0.25, 0.3) is 0 Å². The molecule has 0 spiro atoms. The largest absolute Gasteiger partial charge is 0.550 e. The van der Waals surface area contributed by atoms with Crippen LogP contribution in [-0.4, -0.2) is 16.8 Å². The van der Waals surface area contributed by atoms with Crippen LogP contribution in [0.15, 0.2) is 48.5 Å². The van der Waals surface area contributed by atoms with Crippen LogP contribution < -0.4 is 5.11 Å². The maximum atomic E-state index is 12.8. The molecule has 0 bridgehead atoms. The van der Waals surface area contributed by atoms with E-state index in [1.54, 1.807) is 0 Å². The Kier molecular flexibility index (Phi) is 5.21. The highest BCUT2D eigenvalue weighted by Crippen LogP contribution is 2.30.